The van der Waals surface area contributed by atoms with Crippen LogP contribution in [0.2, 0.25) is 0 Å². The van der Waals surface area contributed by atoms with Crippen LogP contribution in [0.25, 0.3) is 0 Å². The third kappa shape index (κ3) is 5.50. The first-order valence-electron chi connectivity index (χ1n) is 10.6. The molecule has 7 nitrogen and oxygen atoms in total. The maximum atomic E-state index is 13.2. The zero-order valence-corrected chi connectivity index (χ0v) is 19.6. The zero-order chi connectivity index (χ0) is 22.3. The van der Waals surface area contributed by atoms with Crippen LogP contribution in [0.5, 0.6) is 0 Å². The molecule has 4 unspecified atom stereocenters. The van der Waals surface area contributed by atoms with Crippen molar-refractivity contribution in [3.8, 4) is 0 Å². The minimum Gasteiger partial charge on any atom is -0.458 e. The first kappa shape index (κ1) is 23.0. The van der Waals surface area contributed by atoms with Crippen LogP contribution in [0, 0.1) is 17.8 Å². The van der Waals surface area contributed by atoms with E-state index in [4.69, 9.17) is 9.47 Å². The summed E-state index contributed by atoms with van der Waals surface area (Å²) in [7, 11) is 0. The Balaban J connectivity index is 1.72. The van der Waals surface area contributed by atoms with Crippen LogP contribution in [-0.2, 0) is 19.1 Å². The topological polar surface area (TPSA) is 84.9 Å². The molecule has 5 atom stereocenters. The number of amides is 2. The number of carbonyl (C=O) groups excluding carboxylic acids is 3. The van der Waals surface area contributed by atoms with Crippen LogP contribution >= 0.6 is 11.8 Å². The van der Waals surface area contributed by atoms with Crippen molar-refractivity contribution in [2.45, 2.75) is 77.0 Å². The molecule has 1 heterocycles. The molecule has 2 fully saturated rings. The van der Waals surface area contributed by atoms with Gasteiger partial charge in [0, 0.05) is 5.75 Å². The summed E-state index contributed by atoms with van der Waals surface area (Å²) >= 11 is 1.65. The molecule has 0 aromatic rings. The fourth-order valence-corrected chi connectivity index (χ4v) is 6.09. The van der Waals surface area contributed by atoms with Gasteiger partial charge in [0.2, 0.25) is 5.91 Å². The number of hydrogen-bond acceptors (Lipinski definition) is 6. The molecule has 168 valence electrons. The SMILES string of the molecule is CC(C)(C)OC(=O)NCC(=O)N1C(C2CC3C=CC2C3)SC[C@H]1C(=O)OC(C)(C)C. The Bertz CT molecular complexity index is 724. The number of carbonyl (C=O) groups is 3. The number of rotatable bonds is 4. The highest BCUT2D eigenvalue weighted by molar-refractivity contribution is 8.00. The van der Waals surface area contributed by atoms with E-state index in [0.717, 1.165) is 12.8 Å². The molecule has 1 saturated carbocycles. The van der Waals surface area contributed by atoms with Gasteiger partial charge in [0.15, 0.2) is 0 Å². The minimum atomic E-state index is -0.645. The number of allylic oxidation sites excluding steroid dienone is 2. The van der Waals surface area contributed by atoms with E-state index < -0.39 is 23.3 Å². The summed E-state index contributed by atoms with van der Waals surface area (Å²) in [6.45, 7) is 10.6. The van der Waals surface area contributed by atoms with Crippen LogP contribution in [0.3, 0.4) is 0 Å². The molecule has 2 aliphatic carbocycles. The average Bonchev–Trinajstić information content (AvgIpc) is 3.30. The molecule has 30 heavy (non-hydrogen) atoms. The normalized spacial score (nSPS) is 30.5. The third-order valence-corrected chi connectivity index (χ3v) is 6.91. The van der Waals surface area contributed by atoms with Gasteiger partial charge in [-0.15, -0.1) is 11.8 Å². The molecule has 0 radical (unpaired) electrons. The lowest BCUT2D eigenvalue weighted by molar-refractivity contribution is -0.164. The number of hydrogen-bond donors (Lipinski definition) is 1. The van der Waals surface area contributed by atoms with E-state index in [2.05, 4.69) is 17.5 Å². The monoisotopic (exact) mass is 438 g/mol. The fourth-order valence-electron chi connectivity index (χ4n) is 4.43. The number of esters is 1. The third-order valence-electron chi connectivity index (χ3n) is 5.48. The van der Waals surface area contributed by atoms with Gasteiger partial charge >= 0.3 is 12.1 Å². The van der Waals surface area contributed by atoms with Crippen molar-refractivity contribution in [2.75, 3.05) is 12.3 Å². The largest absolute Gasteiger partial charge is 0.458 e. The van der Waals surface area contributed by atoms with E-state index in [9.17, 15) is 14.4 Å². The van der Waals surface area contributed by atoms with Crippen LogP contribution in [-0.4, -0.2) is 57.8 Å². The zero-order valence-electron chi connectivity index (χ0n) is 18.8. The minimum absolute atomic E-state index is 0.0876. The predicted octanol–water partition coefficient (Wildman–Crippen LogP) is 3.34. The summed E-state index contributed by atoms with van der Waals surface area (Å²) in [6, 6.07) is -0.643. The van der Waals surface area contributed by atoms with Crippen molar-refractivity contribution in [3.63, 3.8) is 0 Å². The van der Waals surface area contributed by atoms with E-state index >= 15 is 0 Å². The molecule has 3 rings (SSSR count). The number of nitrogens with zero attached hydrogens (tertiary/aromatic N) is 1. The van der Waals surface area contributed by atoms with Crippen molar-refractivity contribution >= 4 is 29.7 Å². The summed E-state index contributed by atoms with van der Waals surface area (Å²) in [5.74, 6) is 1.18. The molecule has 0 spiro atoms. The lowest BCUT2D eigenvalue weighted by Crippen LogP contribution is -2.53. The molecule has 0 aromatic heterocycles. The maximum Gasteiger partial charge on any atom is 0.408 e. The molecule has 3 aliphatic rings. The second kappa shape index (κ2) is 8.44. The summed E-state index contributed by atoms with van der Waals surface area (Å²) in [5, 5.41) is 2.45. The Kier molecular flexibility index (Phi) is 6.46. The van der Waals surface area contributed by atoms with E-state index in [1.165, 1.54) is 0 Å². The van der Waals surface area contributed by atoms with Crippen molar-refractivity contribution < 1.29 is 23.9 Å². The average molecular weight is 439 g/mol. The first-order chi connectivity index (χ1) is 13.8. The molecular weight excluding hydrogens is 404 g/mol. The van der Waals surface area contributed by atoms with E-state index in [1.54, 1.807) is 37.4 Å². The second-order valence-corrected chi connectivity index (χ2v) is 11.5. The van der Waals surface area contributed by atoms with Gasteiger partial charge in [0.25, 0.3) is 0 Å². The van der Waals surface area contributed by atoms with Crippen molar-refractivity contribution in [1.29, 1.82) is 0 Å². The fraction of sp³-hybridized carbons (Fsp3) is 0.773. The van der Waals surface area contributed by atoms with E-state index in [0.29, 0.717) is 23.5 Å². The van der Waals surface area contributed by atoms with Crippen molar-refractivity contribution in [1.82, 2.24) is 10.2 Å². The highest BCUT2D eigenvalue weighted by Crippen LogP contribution is 2.50. The molecular formula is C22H34N2O5S. The van der Waals surface area contributed by atoms with Gasteiger partial charge in [-0.2, -0.15) is 0 Å². The molecule has 1 aliphatic heterocycles. The van der Waals surface area contributed by atoms with Crippen molar-refractivity contribution in [3.05, 3.63) is 12.2 Å². The number of ether oxygens (including phenoxy) is 2. The van der Waals surface area contributed by atoms with Gasteiger partial charge in [-0.3, -0.25) is 4.79 Å². The molecule has 0 aromatic carbocycles. The van der Waals surface area contributed by atoms with Crippen LogP contribution in [0.15, 0.2) is 12.2 Å². The second-order valence-electron chi connectivity index (χ2n) is 10.4. The molecule has 2 amide bonds. The van der Waals surface area contributed by atoms with Crippen LogP contribution in [0.4, 0.5) is 4.79 Å². The smallest absolute Gasteiger partial charge is 0.408 e. The van der Waals surface area contributed by atoms with Gasteiger partial charge in [0.05, 0.1) is 5.37 Å². The molecule has 2 bridgehead atoms. The molecule has 8 heteroatoms. The Labute approximate surface area is 183 Å². The quantitative estimate of drug-likeness (QED) is 0.535. The van der Waals surface area contributed by atoms with Gasteiger partial charge < -0.3 is 19.7 Å². The standard InChI is InChI=1S/C22H34N2O5S/c1-21(2,3)28-19(26)16-12-30-18(15-10-13-7-8-14(15)9-13)24(16)17(25)11-23-20(27)29-22(4,5)6/h7-8,13-16,18H,9-12H2,1-6H3,(H,23,27)/t13?,14?,15?,16-,18?/m0/s1. The summed E-state index contributed by atoms with van der Waals surface area (Å²) in [5.41, 5.74) is -1.27. The van der Waals surface area contributed by atoms with Gasteiger partial charge in [-0.1, -0.05) is 12.2 Å². The lowest BCUT2D eigenvalue weighted by atomic mass is 9.92. The predicted molar refractivity (Wildman–Crippen MR) is 116 cm³/mol. The van der Waals surface area contributed by atoms with Gasteiger partial charge in [-0.25, -0.2) is 9.59 Å². The van der Waals surface area contributed by atoms with E-state index in [1.807, 2.05) is 20.8 Å². The van der Waals surface area contributed by atoms with Gasteiger partial charge in [0.1, 0.15) is 23.8 Å². The number of thioether (sulfide) groups is 1. The Hall–Kier alpha value is -1.70. The van der Waals surface area contributed by atoms with Crippen molar-refractivity contribution in [2.24, 2.45) is 17.8 Å². The van der Waals surface area contributed by atoms with Gasteiger partial charge in [-0.05, 0) is 72.1 Å². The highest BCUT2D eigenvalue weighted by Gasteiger charge is 2.50. The Morgan fingerprint density at radius 1 is 1.03 bits per heavy atom. The summed E-state index contributed by atoms with van der Waals surface area (Å²) < 4.78 is 10.8. The number of nitrogens with one attached hydrogen (secondary N) is 1. The first-order valence-corrected chi connectivity index (χ1v) is 11.7. The van der Waals surface area contributed by atoms with E-state index in [-0.39, 0.29) is 23.8 Å². The molecule has 1 N–H and O–H groups in total. The Morgan fingerprint density at radius 3 is 2.23 bits per heavy atom. The number of alkyl carbamates (subject to hydrolysis) is 1. The molecule has 1 saturated heterocycles. The summed E-state index contributed by atoms with van der Waals surface area (Å²) in [6.07, 6.45) is 6.03. The number of fused-ring (bicyclic) bond motifs is 2. The summed E-state index contributed by atoms with van der Waals surface area (Å²) in [4.78, 5) is 39.7. The Morgan fingerprint density at radius 2 is 1.70 bits per heavy atom. The highest BCUT2D eigenvalue weighted by atomic mass is 32.2. The lowest BCUT2D eigenvalue weighted by Gasteiger charge is -2.35. The van der Waals surface area contributed by atoms with Crippen LogP contribution < -0.4 is 5.32 Å². The van der Waals surface area contributed by atoms with Crippen LogP contribution in [0.1, 0.15) is 54.4 Å². The maximum absolute atomic E-state index is 13.2.